The van der Waals surface area contributed by atoms with Gasteiger partial charge in [0.15, 0.2) is 0 Å². The molecule has 0 bridgehead atoms. The number of hydrogen-bond acceptors (Lipinski definition) is 5. The van der Waals surface area contributed by atoms with Crippen LogP contribution >= 0.6 is 0 Å². The first-order chi connectivity index (χ1) is 14.2. The third kappa shape index (κ3) is 3.89. The minimum absolute atomic E-state index is 0.102. The largest absolute Gasteiger partial charge is 0.466 e. The van der Waals surface area contributed by atoms with Gasteiger partial charge in [-0.05, 0) is 43.4 Å². The zero-order chi connectivity index (χ0) is 21.5. The number of rotatable bonds is 4. The molecule has 1 aliphatic carbocycles. The molecule has 2 unspecified atom stereocenters. The van der Waals surface area contributed by atoms with Gasteiger partial charge in [-0.1, -0.05) is 44.2 Å². The number of ether oxygens (including phenoxy) is 1. The second kappa shape index (κ2) is 7.71. The molecule has 2 atom stereocenters. The quantitative estimate of drug-likeness (QED) is 0.660. The van der Waals surface area contributed by atoms with Crippen molar-refractivity contribution >= 4 is 17.5 Å². The molecule has 1 aromatic heterocycles. The van der Waals surface area contributed by atoms with Crippen LogP contribution in [0.1, 0.15) is 56.6 Å². The maximum atomic E-state index is 13.2. The van der Waals surface area contributed by atoms with Crippen LogP contribution in [0.25, 0.3) is 0 Å². The highest BCUT2D eigenvalue weighted by Crippen LogP contribution is 2.47. The minimum atomic E-state index is -0.502. The van der Waals surface area contributed by atoms with Gasteiger partial charge >= 0.3 is 5.97 Å². The molecule has 1 saturated carbocycles. The molecule has 156 valence electrons. The maximum Gasteiger partial charge on any atom is 0.336 e. The van der Waals surface area contributed by atoms with Crippen molar-refractivity contribution in [2.45, 2.75) is 53.1 Å². The van der Waals surface area contributed by atoms with Crippen molar-refractivity contribution < 1.29 is 18.7 Å². The normalized spacial score (nSPS) is 23.1. The highest BCUT2D eigenvalue weighted by atomic mass is 16.5. The average Bonchev–Trinajstić information content (AvgIpc) is 3.11. The second-order valence-electron chi connectivity index (χ2n) is 9.05. The van der Waals surface area contributed by atoms with Gasteiger partial charge in [-0.2, -0.15) is 0 Å². The Morgan fingerprint density at radius 1 is 1.10 bits per heavy atom. The van der Waals surface area contributed by atoms with Crippen LogP contribution in [0.5, 0.6) is 0 Å². The fourth-order valence-corrected chi connectivity index (χ4v) is 4.59. The summed E-state index contributed by atoms with van der Waals surface area (Å²) >= 11 is 0. The number of furan rings is 1. The zero-order valence-corrected chi connectivity index (χ0v) is 17.9. The van der Waals surface area contributed by atoms with Gasteiger partial charge in [-0.3, -0.25) is 9.79 Å². The number of benzene rings is 1. The Labute approximate surface area is 176 Å². The molecule has 2 heterocycles. The molecule has 0 amide bonds. The van der Waals surface area contributed by atoms with Crippen molar-refractivity contribution in [3.8, 4) is 0 Å². The highest BCUT2D eigenvalue weighted by Gasteiger charge is 2.48. The topological polar surface area (TPSA) is 68.9 Å². The lowest BCUT2D eigenvalue weighted by atomic mass is 9.64. The summed E-state index contributed by atoms with van der Waals surface area (Å²) in [5, 5.41) is 0. The predicted molar refractivity (Wildman–Crippen MR) is 114 cm³/mol. The molecule has 0 radical (unpaired) electrons. The zero-order valence-electron chi connectivity index (χ0n) is 17.9. The predicted octanol–water partition coefficient (Wildman–Crippen LogP) is 5.15. The van der Waals surface area contributed by atoms with E-state index in [4.69, 9.17) is 14.1 Å². The first-order valence-electron chi connectivity index (χ1n) is 10.3. The van der Waals surface area contributed by atoms with Crippen molar-refractivity contribution in [3.05, 3.63) is 70.8 Å². The number of aryl methyl sites for hydroxylation is 1. The number of aliphatic imine (C=N–C) groups is 1. The van der Waals surface area contributed by atoms with Crippen LogP contribution in [0.2, 0.25) is 0 Å². The summed E-state index contributed by atoms with van der Waals surface area (Å²) in [7, 11) is 0. The summed E-state index contributed by atoms with van der Waals surface area (Å²) in [6, 6.07) is 13.3. The van der Waals surface area contributed by atoms with Crippen LogP contribution in [-0.2, 0) is 20.9 Å². The number of hydrogen-bond donors (Lipinski definition) is 0. The number of carbonyl (C=O) groups excluding carboxylic acids is 2. The molecule has 0 spiro atoms. The lowest BCUT2D eigenvalue weighted by Crippen LogP contribution is -2.44. The van der Waals surface area contributed by atoms with E-state index >= 15 is 0 Å². The Morgan fingerprint density at radius 3 is 2.50 bits per heavy atom. The average molecular weight is 405 g/mol. The van der Waals surface area contributed by atoms with E-state index < -0.39 is 17.8 Å². The van der Waals surface area contributed by atoms with E-state index in [9.17, 15) is 9.59 Å². The third-order valence-corrected chi connectivity index (χ3v) is 5.86. The molecule has 2 aliphatic rings. The Hall–Kier alpha value is -2.95. The van der Waals surface area contributed by atoms with E-state index in [-0.39, 0.29) is 17.8 Å². The van der Waals surface area contributed by atoms with E-state index in [0.717, 1.165) is 23.5 Å². The Kier molecular flexibility index (Phi) is 5.22. The molecule has 5 heteroatoms. The summed E-state index contributed by atoms with van der Waals surface area (Å²) in [4.78, 5) is 31.1. The summed E-state index contributed by atoms with van der Waals surface area (Å²) < 4.78 is 11.5. The second-order valence-corrected chi connectivity index (χ2v) is 9.05. The van der Waals surface area contributed by atoms with Gasteiger partial charge in [0.25, 0.3) is 0 Å². The van der Waals surface area contributed by atoms with Gasteiger partial charge in [0.1, 0.15) is 23.9 Å². The number of ketones is 1. The molecular formula is C25H27NO4. The van der Waals surface area contributed by atoms with Crippen LogP contribution < -0.4 is 0 Å². The van der Waals surface area contributed by atoms with Crippen molar-refractivity contribution in [2.75, 3.05) is 0 Å². The van der Waals surface area contributed by atoms with Crippen LogP contribution in [0.15, 0.2) is 63.1 Å². The number of allylic oxidation sites excluding steroid dienone is 1. The van der Waals surface area contributed by atoms with Crippen molar-refractivity contribution in [1.29, 1.82) is 0 Å². The van der Waals surface area contributed by atoms with Crippen molar-refractivity contribution in [3.63, 3.8) is 0 Å². The third-order valence-electron chi connectivity index (χ3n) is 5.86. The smallest absolute Gasteiger partial charge is 0.336 e. The van der Waals surface area contributed by atoms with E-state index in [1.165, 1.54) is 0 Å². The first kappa shape index (κ1) is 20.3. The lowest BCUT2D eigenvalue weighted by molar-refractivity contribution is -0.141. The summed E-state index contributed by atoms with van der Waals surface area (Å²) in [5.74, 6) is 0.0293. The van der Waals surface area contributed by atoms with Gasteiger partial charge in [-0.25, -0.2) is 4.79 Å². The number of Topliss-reactive ketones (excluding diaryl/α,β-unsaturated/α-hetero) is 1. The standard InChI is InChI=1S/C25H27NO4/c1-15-10-11-20(30-15)23-21(24(28)29-14-17-8-6-5-7-9-17)16(2)26-18-12-25(3,4)13-19(27)22(18)23/h5-11,22-23H,12-14H2,1-4H3. The number of nitrogens with zero attached hydrogens (tertiary/aromatic N) is 1. The summed E-state index contributed by atoms with van der Waals surface area (Å²) in [6.45, 7) is 8.01. The lowest BCUT2D eigenvalue weighted by Gasteiger charge is -2.40. The number of carbonyl (C=O) groups is 2. The van der Waals surface area contributed by atoms with Crippen molar-refractivity contribution in [2.24, 2.45) is 16.3 Å². The molecule has 5 nitrogen and oxygen atoms in total. The molecule has 1 aliphatic heterocycles. The van der Waals surface area contributed by atoms with E-state index in [1.807, 2.05) is 56.3 Å². The minimum Gasteiger partial charge on any atom is -0.466 e. The highest BCUT2D eigenvalue weighted by molar-refractivity contribution is 6.12. The van der Waals surface area contributed by atoms with Gasteiger partial charge in [0.05, 0.1) is 17.4 Å². The van der Waals surface area contributed by atoms with Gasteiger partial charge < -0.3 is 9.15 Å². The van der Waals surface area contributed by atoms with Gasteiger partial charge in [0, 0.05) is 17.8 Å². The van der Waals surface area contributed by atoms with Crippen molar-refractivity contribution in [1.82, 2.24) is 0 Å². The summed E-state index contributed by atoms with van der Waals surface area (Å²) in [6.07, 6.45) is 1.18. The fraction of sp³-hybridized carbons (Fsp3) is 0.400. The van der Waals surface area contributed by atoms with Crippen LogP contribution in [-0.4, -0.2) is 17.5 Å². The monoisotopic (exact) mass is 405 g/mol. The first-order valence-corrected chi connectivity index (χ1v) is 10.3. The SMILES string of the molecule is CC1=C(C(=O)OCc2ccccc2)C(c2ccc(C)o2)C2C(=O)CC(C)(C)CC2=N1. The molecule has 0 saturated heterocycles. The van der Waals surface area contributed by atoms with E-state index in [2.05, 4.69) is 13.8 Å². The van der Waals surface area contributed by atoms with Crippen LogP contribution in [0, 0.1) is 18.3 Å². The maximum absolute atomic E-state index is 13.2. The molecule has 2 aromatic rings. The van der Waals surface area contributed by atoms with Crippen LogP contribution in [0.4, 0.5) is 0 Å². The summed E-state index contributed by atoms with van der Waals surface area (Å²) in [5.41, 5.74) is 2.63. The number of esters is 1. The van der Waals surface area contributed by atoms with E-state index in [0.29, 0.717) is 23.5 Å². The molecule has 1 aromatic carbocycles. The molecule has 4 rings (SSSR count). The van der Waals surface area contributed by atoms with E-state index in [1.54, 1.807) is 0 Å². The fourth-order valence-electron chi connectivity index (χ4n) is 4.59. The molecular weight excluding hydrogens is 378 g/mol. The number of fused-ring (bicyclic) bond motifs is 1. The van der Waals surface area contributed by atoms with Crippen LogP contribution in [0.3, 0.4) is 0 Å². The molecule has 0 N–H and O–H groups in total. The molecule has 1 fully saturated rings. The Balaban J connectivity index is 1.72. The van der Waals surface area contributed by atoms with Gasteiger partial charge in [-0.15, -0.1) is 0 Å². The molecule has 30 heavy (non-hydrogen) atoms. The Bertz CT molecular complexity index is 1040. The van der Waals surface area contributed by atoms with Gasteiger partial charge in [0.2, 0.25) is 0 Å². The Morgan fingerprint density at radius 2 is 1.83 bits per heavy atom.